The lowest BCUT2D eigenvalue weighted by molar-refractivity contribution is -0.187. The second-order valence-corrected chi connectivity index (χ2v) is 9.30. The molecular formula is C20H29O3. The number of aliphatic hydroxyl groups excluding tert-OH is 1. The van der Waals surface area contributed by atoms with E-state index in [4.69, 9.17) is 0 Å². The van der Waals surface area contributed by atoms with E-state index >= 15 is 0 Å². The van der Waals surface area contributed by atoms with Gasteiger partial charge in [0.2, 0.25) is 0 Å². The van der Waals surface area contributed by atoms with E-state index in [0.29, 0.717) is 11.8 Å². The largest absolute Gasteiger partial charge is 0.481 e. The van der Waals surface area contributed by atoms with Crippen LogP contribution in [0.2, 0.25) is 0 Å². The van der Waals surface area contributed by atoms with Gasteiger partial charge in [-0.05, 0) is 75.0 Å². The normalized spacial score (nSPS) is 55.2. The number of rotatable bonds is 1. The van der Waals surface area contributed by atoms with E-state index in [0.717, 1.165) is 38.5 Å². The average molecular weight is 317 g/mol. The Kier molecular flexibility index (Phi) is 3.15. The summed E-state index contributed by atoms with van der Waals surface area (Å²) in [5.74, 6) is 0.271. The SMILES string of the molecule is C=C1C[C@]23C[C@H]1CC[C@H]2[C@]1(C)CCC[C@@](C)(C(=O)O)[C@H]1[CH][C@@H]3O. The van der Waals surface area contributed by atoms with Crippen molar-refractivity contribution in [1.29, 1.82) is 0 Å². The molecule has 7 atom stereocenters. The Hall–Kier alpha value is -0.830. The monoisotopic (exact) mass is 317 g/mol. The van der Waals surface area contributed by atoms with Crippen LogP contribution in [0.25, 0.3) is 0 Å². The van der Waals surface area contributed by atoms with E-state index in [-0.39, 0.29) is 16.7 Å². The lowest BCUT2D eigenvalue weighted by Gasteiger charge is -2.64. The Balaban J connectivity index is 1.80. The van der Waals surface area contributed by atoms with Crippen LogP contribution in [0.15, 0.2) is 12.2 Å². The molecule has 1 spiro atoms. The fourth-order valence-electron chi connectivity index (χ4n) is 7.20. The maximum absolute atomic E-state index is 12.0. The van der Waals surface area contributed by atoms with Gasteiger partial charge >= 0.3 is 5.97 Å². The minimum atomic E-state index is -0.734. The Labute approximate surface area is 139 Å². The Bertz CT molecular complexity index is 569. The summed E-state index contributed by atoms with van der Waals surface area (Å²) in [5, 5.41) is 21.0. The zero-order chi connectivity index (χ0) is 16.6. The van der Waals surface area contributed by atoms with Crippen LogP contribution >= 0.6 is 0 Å². The molecule has 2 N–H and O–H groups in total. The first-order chi connectivity index (χ1) is 10.7. The van der Waals surface area contributed by atoms with Crippen molar-refractivity contribution in [3.63, 3.8) is 0 Å². The van der Waals surface area contributed by atoms with Crippen molar-refractivity contribution in [2.45, 2.75) is 64.9 Å². The predicted octanol–water partition coefficient (Wildman–Crippen LogP) is 3.83. The topological polar surface area (TPSA) is 57.5 Å². The molecule has 0 aromatic heterocycles. The van der Waals surface area contributed by atoms with E-state index < -0.39 is 17.5 Å². The van der Waals surface area contributed by atoms with Crippen LogP contribution in [0.1, 0.15) is 58.8 Å². The average Bonchev–Trinajstić information content (AvgIpc) is 2.73. The Morgan fingerprint density at radius 2 is 2.04 bits per heavy atom. The van der Waals surface area contributed by atoms with Gasteiger partial charge in [-0.2, -0.15) is 0 Å². The molecule has 4 rings (SSSR count). The molecule has 23 heavy (non-hydrogen) atoms. The fraction of sp³-hybridized carbons (Fsp3) is 0.800. The lowest BCUT2D eigenvalue weighted by atomic mass is 9.40. The lowest BCUT2D eigenvalue weighted by Crippen LogP contribution is -2.63. The summed E-state index contributed by atoms with van der Waals surface area (Å²) >= 11 is 0. The van der Waals surface area contributed by atoms with Gasteiger partial charge in [-0.25, -0.2) is 0 Å². The summed E-state index contributed by atoms with van der Waals surface area (Å²) < 4.78 is 0. The van der Waals surface area contributed by atoms with Crippen molar-refractivity contribution in [2.24, 2.45) is 34.0 Å². The number of aliphatic carboxylic acids is 1. The number of carboxylic acid groups (broad SMARTS) is 1. The molecule has 3 nitrogen and oxygen atoms in total. The maximum atomic E-state index is 12.0. The van der Waals surface area contributed by atoms with Crippen LogP contribution < -0.4 is 0 Å². The highest BCUT2D eigenvalue weighted by Crippen LogP contribution is 2.71. The third-order valence-corrected chi connectivity index (χ3v) is 8.31. The summed E-state index contributed by atoms with van der Waals surface area (Å²) in [6.07, 6.45) is 8.63. The number of carboxylic acids is 1. The van der Waals surface area contributed by atoms with E-state index in [1.54, 1.807) is 0 Å². The smallest absolute Gasteiger partial charge is 0.309 e. The number of aliphatic hydroxyl groups is 1. The summed E-state index contributed by atoms with van der Waals surface area (Å²) in [6.45, 7) is 8.50. The number of allylic oxidation sites excluding steroid dienone is 1. The molecule has 3 heteroatoms. The first-order valence-corrected chi connectivity index (χ1v) is 9.18. The highest BCUT2D eigenvalue weighted by atomic mass is 16.4. The molecule has 4 fully saturated rings. The van der Waals surface area contributed by atoms with Crippen LogP contribution in [-0.2, 0) is 4.79 Å². The molecule has 4 aliphatic rings. The van der Waals surface area contributed by atoms with Crippen molar-refractivity contribution in [1.82, 2.24) is 0 Å². The zero-order valence-corrected chi connectivity index (χ0v) is 14.3. The second kappa shape index (κ2) is 4.62. The van der Waals surface area contributed by atoms with E-state index in [1.165, 1.54) is 12.0 Å². The molecule has 0 aliphatic heterocycles. The van der Waals surface area contributed by atoms with Gasteiger partial charge < -0.3 is 10.2 Å². The third-order valence-electron chi connectivity index (χ3n) is 8.31. The summed E-state index contributed by atoms with van der Waals surface area (Å²) in [5.41, 5.74) is 0.517. The van der Waals surface area contributed by atoms with Crippen LogP contribution in [0.5, 0.6) is 0 Å². The minimum absolute atomic E-state index is 0.000208. The first kappa shape index (κ1) is 15.7. The highest BCUT2D eigenvalue weighted by molar-refractivity contribution is 5.75. The van der Waals surface area contributed by atoms with Gasteiger partial charge in [0.15, 0.2) is 0 Å². The molecule has 4 aliphatic carbocycles. The summed E-state index contributed by atoms with van der Waals surface area (Å²) in [7, 11) is 0. The van der Waals surface area contributed by atoms with E-state index in [9.17, 15) is 15.0 Å². The Morgan fingerprint density at radius 3 is 2.74 bits per heavy atom. The Morgan fingerprint density at radius 1 is 1.30 bits per heavy atom. The van der Waals surface area contributed by atoms with Crippen LogP contribution in [0.3, 0.4) is 0 Å². The van der Waals surface area contributed by atoms with Crippen molar-refractivity contribution in [3.8, 4) is 0 Å². The molecule has 0 saturated heterocycles. The van der Waals surface area contributed by atoms with Gasteiger partial charge in [-0.15, -0.1) is 0 Å². The van der Waals surface area contributed by atoms with Crippen LogP contribution in [0, 0.1) is 40.4 Å². The maximum Gasteiger partial charge on any atom is 0.309 e. The van der Waals surface area contributed by atoms with Gasteiger partial charge in [0, 0.05) is 5.41 Å². The van der Waals surface area contributed by atoms with E-state index in [1.807, 2.05) is 13.3 Å². The number of fused-ring (bicyclic) bond motifs is 3. The number of hydrogen-bond donors (Lipinski definition) is 2. The van der Waals surface area contributed by atoms with Gasteiger partial charge in [0.25, 0.3) is 0 Å². The third kappa shape index (κ3) is 1.78. The molecule has 0 aromatic rings. The van der Waals surface area contributed by atoms with Crippen molar-refractivity contribution in [2.75, 3.05) is 0 Å². The van der Waals surface area contributed by atoms with E-state index in [2.05, 4.69) is 13.5 Å². The molecule has 0 unspecified atom stereocenters. The highest BCUT2D eigenvalue weighted by Gasteiger charge is 2.68. The molecule has 127 valence electrons. The number of hydrogen-bond acceptors (Lipinski definition) is 2. The van der Waals surface area contributed by atoms with Crippen molar-refractivity contribution in [3.05, 3.63) is 18.6 Å². The summed E-state index contributed by atoms with van der Waals surface area (Å²) in [4.78, 5) is 12.0. The molecule has 4 saturated carbocycles. The van der Waals surface area contributed by atoms with Gasteiger partial charge in [0.05, 0.1) is 11.5 Å². The van der Waals surface area contributed by atoms with Gasteiger partial charge in [-0.1, -0.05) is 25.5 Å². The number of carbonyl (C=O) groups is 1. The van der Waals surface area contributed by atoms with Crippen LogP contribution in [-0.4, -0.2) is 22.3 Å². The fourth-order valence-corrected chi connectivity index (χ4v) is 7.20. The van der Waals surface area contributed by atoms with Crippen LogP contribution in [0.4, 0.5) is 0 Å². The zero-order valence-electron chi connectivity index (χ0n) is 14.3. The molecule has 0 heterocycles. The quantitative estimate of drug-likeness (QED) is 0.723. The molecule has 1 radical (unpaired) electrons. The van der Waals surface area contributed by atoms with Gasteiger partial charge in [0.1, 0.15) is 0 Å². The van der Waals surface area contributed by atoms with Gasteiger partial charge in [-0.3, -0.25) is 4.79 Å². The molecule has 2 bridgehead atoms. The second-order valence-electron chi connectivity index (χ2n) is 9.30. The van der Waals surface area contributed by atoms with Crippen molar-refractivity contribution >= 4 is 5.97 Å². The molecule has 0 aromatic carbocycles. The first-order valence-electron chi connectivity index (χ1n) is 9.18. The minimum Gasteiger partial charge on any atom is -0.481 e. The standard InChI is InChI=1S/C20H29O3/c1-12-10-20-11-13(12)5-6-14(20)18(2)7-4-8-19(3,17(22)23)15(18)9-16(20)21/h9,13-16,21H,1,4-8,10-11H2,2-3H3,(H,22,23)/t13-,14+,15+,16+,18+,19-,20+/m1/s1. The molecule has 0 amide bonds. The predicted molar refractivity (Wildman–Crippen MR) is 88.5 cm³/mol. The van der Waals surface area contributed by atoms with Crippen molar-refractivity contribution < 1.29 is 15.0 Å². The summed E-state index contributed by atoms with van der Waals surface area (Å²) in [6, 6.07) is 0. The molecular weight excluding hydrogens is 288 g/mol.